The van der Waals surface area contributed by atoms with E-state index in [2.05, 4.69) is 21.9 Å². The molecule has 1 aromatic carbocycles. The molecule has 0 spiro atoms. The van der Waals surface area contributed by atoms with Crippen LogP contribution in [0.2, 0.25) is 0 Å². The Kier molecular flexibility index (Phi) is 5.61. The van der Waals surface area contributed by atoms with Crippen LogP contribution in [0.4, 0.5) is 0 Å². The Balaban J connectivity index is 1.10. The van der Waals surface area contributed by atoms with Crippen LogP contribution in [0.1, 0.15) is 21.9 Å². The number of morpholine rings is 1. The zero-order valence-corrected chi connectivity index (χ0v) is 17.0. The third-order valence-electron chi connectivity index (χ3n) is 5.86. The molecule has 8 nitrogen and oxygen atoms in total. The molecule has 4 heterocycles. The van der Waals surface area contributed by atoms with E-state index in [1.54, 1.807) is 11.0 Å². The highest BCUT2D eigenvalue weighted by Gasteiger charge is 2.23. The molecule has 0 atom stereocenters. The van der Waals surface area contributed by atoms with Gasteiger partial charge < -0.3 is 23.5 Å². The van der Waals surface area contributed by atoms with Crippen molar-refractivity contribution < 1.29 is 23.4 Å². The summed E-state index contributed by atoms with van der Waals surface area (Å²) in [5, 5.41) is 0. The Bertz CT molecular complexity index is 885. The third-order valence-corrected chi connectivity index (χ3v) is 5.86. The van der Waals surface area contributed by atoms with Crippen LogP contribution in [-0.4, -0.2) is 79.9 Å². The molecule has 0 aliphatic carbocycles. The number of hydrogen-bond acceptors (Lipinski definition) is 7. The van der Waals surface area contributed by atoms with E-state index in [4.69, 9.17) is 18.6 Å². The van der Waals surface area contributed by atoms with Crippen molar-refractivity contribution in [2.75, 3.05) is 59.3 Å². The lowest BCUT2D eigenvalue weighted by Gasteiger charge is -2.34. The van der Waals surface area contributed by atoms with Crippen molar-refractivity contribution in [2.24, 2.45) is 0 Å². The molecule has 8 heteroatoms. The van der Waals surface area contributed by atoms with Crippen molar-refractivity contribution in [1.29, 1.82) is 0 Å². The first-order chi connectivity index (χ1) is 14.7. The fraction of sp³-hybridized carbons (Fsp3) is 0.500. The van der Waals surface area contributed by atoms with Crippen LogP contribution in [0.25, 0.3) is 0 Å². The maximum atomic E-state index is 12.5. The van der Waals surface area contributed by atoms with Crippen LogP contribution in [0, 0.1) is 0 Å². The molecule has 0 radical (unpaired) electrons. The quantitative estimate of drug-likeness (QED) is 0.740. The molecular weight excluding hydrogens is 386 g/mol. The lowest BCUT2D eigenvalue weighted by atomic mass is 10.1. The van der Waals surface area contributed by atoms with E-state index in [9.17, 15) is 4.79 Å². The van der Waals surface area contributed by atoms with E-state index in [1.165, 1.54) is 5.56 Å². The highest BCUT2D eigenvalue weighted by Crippen LogP contribution is 2.32. The van der Waals surface area contributed by atoms with Gasteiger partial charge in [-0.05, 0) is 29.8 Å². The van der Waals surface area contributed by atoms with Gasteiger partial charge in [-0.15, -0.1) is 0 Å². The number of rotatable bonds is 5. The normalized spacial score (nSPS) is 19.9. The molecule has 0 unspecified atom stereocenters. The topological polar surface area (TPSA) is 67.6 Å². The molecule has 3 aliphatic rings. The van der Waals surface area contributed by atoms with Gasteiger partial charge in [0, 0.05) is 45.8 Å². The predicted octanol–water partition coefficient (Wildman–Crippen LogP) is 1.80. The first-order valence-electron chi connectivity index (χ1n) is 10.5. The van der Waals surface area contributed by atoms with E-state index in [0.29, 0.717) is 38.9 Å². The minimum Gasteiger partial charge on any atom is -0.455 e. The van der Waals surface area contributed by atoms with E-state index >= 15 is 0 Å². The van der Waals surface area contributed by atoms with Gasteiger partial charge in [0.1, 0.15) is 5.76 Å². The van der Waals surface area contributed by atoms with Crippen LogP contribution in [-0.2, 0) is 17.8 Å². The molecule has 30 heavy (non-hydrogen) atoms. The second-order valence-electron chi connectivity index (χ2n) is 7.91. The van der Waals surface area contributed by atoms with E-state index in [1.807, 2.05) is 12.1 Å². The van der Waals surface area contributed by atoms with Gasteiger partial charge in [0.25, 0.3) is 5.91 Å². The van der Waals surface area contributed by atoms with Gasteiger partial charge in [0.15, 0.2) is 17.3 Å². The molecule has 5 rings (SSSR count). The number of carbonyl (C=O) groups excluding carboxylic acids is 1. The van der Waals surface area contributed by atoms with Crippen LogP contribution in [0.5, 0.6) is 11.5 Å². The van der Waals surface area contributed by atoms with Crippen molar-refractivity contribution in [3.63, 3.8) is 0 Å². The first kappa shape index (κ1) is 19.4. The molecule has 2 saturated heterocycles. The number of nitrogens with zero attached hydrogens (tertiary/aromatic N) is 3. The van der Waals surface area contributed by atoms with Gasteiger partial charge in [-0.3, -0.25) is 14.6 Å². The van der Waals surface area contributed by atoms with Gasteiger partial charge >= 0.3 is 0 Å². The smallest absolute Gasteiger partial charge is 0.289 e. The number of hydrogen-bond donors (Lipinski definition) is 0. The van der Waals surface area contributed by atoms with Crippen molar-refractivity contribution in [3.8, 4) is 11.5 Å². The number of carbonyl (C=O) groups is 1. The second kappa shape index (κ2) is 8.67. The number of ether oxygens (including phenoxy) is 3. The molecule has 2 aromatic rings. The summed E-state index contributed by atoms with van der Waals surface area (Å²) in [6, 6.07) is 9.89. The summed E-state index contributed by atoms with van der Waals surface area (Å²) in [5.41, 5.74) is 1.24. The monoisotopic (exact) mass is 413 g/mol. The largest absolute Gasteiger partial charge is 0.455 e. The Morgan fingerprint density at radius 2 is 1.57 bits per heavy atom. The van der Waals surface area contributed by atoms with Crippen molar-refractivity contribution in [1.82, 2.24) is 14.7 Å². The molecule has 160 valence electrons. The fourth-order valence-electron chi connectivity index (χ4n) is 4.12. The zero-order valence-electron chi connectivity index (χ0n) is 17.0. The highest BCUT2D eigenvalue weighted by molar-refractivity contribution is 5.91. The molecule has 2 fully saturated rings. The summed E-state index contributed by atoms with van der Waals surface area (Å²) in [6.07, 6.45) is 0. The summed E-state index contributed by atoms with van der Waals surface area (Å²) in [5.74, 6) is 2.89. The number of furan rings is 1. The minimum absolute atomic E-state index is 0.0434. The Morgan fingerprint density at radius 1 is 0.833 bits per heavy atom. The second-order valence-corrected chi connectivity index (χ2v) is 7.91. The zero-order chi connectivity index (χ0) is 20.3. The van der Waals surface area contributed by atoms with Crippen LogP contribution >= 0.6 is 0 Å². The van der Waals surface area contributed by atoms with Crippen molar-refractivity contribution >= 4 is 5.91 Å². The van der Waals surface area contributed by atoms with Gasteiger partial charge in [0.05, 0.1) is 19.8 Å². The predicted molar refractivity (Wildman–Crippen MR) is 109 cm³/mol. The maximum absolute atomic E-state index is 12.5. The molecule has 3 aliphatic heterocycles. The average Bonchev–Trinajstić information content (AvgIpc) is 3.44. The number of piperazine rings is 1. The summed E-state index contributed by atoms with van der Waals surface area (Å²) in [7, 11) is 0. The van der Waals surface area contributed by atoms with Gasteiger partial charge in [-0.25, -0.2) is 0 Å². The third kappa shape index (κ3) is 4.30. The van der Waals surface area contributed by atoms with Gasteiger partial charge in [-0.1, -0.05) is 6.07 Å². The highest BCUT2D eigenvalue weighted by atomic mass is 16.7. The number of benzene rings is 1. The lowest BCUT2D eigenvalue weighted by Crippen LogP contribution is -2.45. The fourth-order valence-corrected chi connectivity index (χ4v) is 4.12. The molecule has 0 bridgehead atoms. The molecule has 0 saturated carbocycles. The number of fused-ring (bicyclic) bond motifs is 1. The van der Waals surface area contributed by atoms with Gasteiger partial charge in [0.2, 0.25) is 6.79 Å². The lowest BCUT2D eigenvalue weighted by molar-refractivity contribution is 0.0280. The SMILES string of the molecule is O=C(c1ccc(CN2CCN(Cc3ccc4c(c3)OCO4)CC2)o1)N1CCOCC1. The van der Waals surface area contributed by atoms with Crippen LogP contribution < -0.4 is 9.47 Å². The number of amides is 1. The van der Waals surface area contributed by atoms with Crippen LogP contribution in [0.15, 0.2) is 34.7 Å². The summed E-state index contributed by atoms with van der Waals surface area (Å²) < 4.78 is 22.0. The Hall–Kier alpha value is -2.55. The van der Waals surface area contributed by atoms with Gasteiger partial charge in [-0.2, -0.15) is 0 Å². The standard InChI is InChI=1S/C22H27N3O5/c26-22(25-9-11-27-12-10-25)20-4-2-18(30-20)15-24-7-5-23(6-8-24)14-17-1-3-19-21(13-17)29-16-28-19/h1-4,13H,5-12,14-16H2. The van der Waals surface area contributed by atoms with E-state index in [0.717, 1.165) is 56.5 Å². The summed E-state index contributed by atoms with van der Waals surface area (Å²) in [6.45, 7) is 8.31. The summed E-state index contributed by atoms with van der Waals surface area (Å²) in [4.78, 5) is 19.1. The van der Waals surface area contributed by atoms with Crippen molar-refractivity contribution in [3.05, 3.63) is 47.4 Å². The van der Waals surface area contributed by atoms with E-state index in [-0.39, 0.29) is 5.91 Å². The van der Waals surface area contributed by atoms with Crippen molar-refractivity contribution in [2.45, 2.75) is 13.1 Å². The minimum atomic E-state index is -0.0434. The van der Waals surface area contributed by atoms with E-state index < -0.39 is 0 Å². The van der Waals surface area contributed by atoms with Crippen LogP contribution in [0.3, 0.4) is 0 Å². The molecule has 1 aromatic heterocycles. The maximum Gasteiger partial charge on any atom is 0.289 e. The molecular formula is C22H27N3O5. The molecule has 0 N–H and O–H groups in total. The molecule has 1 amide bonds. The Labute approximate surface area is 175 Å². The first-order valence-corrected chi connectivity index (χ1v) is 10.5. The summed E-state index contributed by atoms with van der Waals surface area (Å²) >= 11 is 0. The average molecular weight is 413 g/mol. The Morgan fingerprint density at radius 3 is 2.37 bits per heavy atom.